The molecule has 5 nitrogen and oxygen atoms in total. The van der Waals surface area contributed by atoms with Gasteiger partial charge in [-0.15, -0.1) is 0 Å². The van der Waals surface area contributed by atoms with E-state index in [1.54, 1.807) is 12.1 Å². The molecule has 0 aliphatic carbocycles. The van der Waals surface area contributed by atoms with Crippen molar-refractivity contribution in [1.29, 1.82) is 0 Å². The molecule has 1 fully saturated rings. The summed E-state index contributed by atoms with van der Waals surface area (Å²) in [6.07, 6.45) is 2.66. The molecule has 1 heterocycles. The lowest BCUT2D eigenvalue weighted by molar-refractivity contribution is -0.133. The fraction of sp³-hybridized carbons (Fsp3) is 0.467. The van der Waals surface area contributed by atoms with Crippen LogP contribution in [0.2, 0.25) is 0 Å². The first-order valence-corrected chi connectivity index (χ1v) is 6.98. The summed E-state index contributed by atoms with van der Waals surface area (Å²) in [4.78, 5) is 25.0. The number of hydrogen-bond donors (Lipinski definition) is 1. The molecule has 1 saturated heterocycles. The molecule has 2 amide bonds. The summed E-state index contributed by atoms with van der Waals surface area (Å²) in [7, 11) is 0. The Morgan fingerprint density at radius 3 is 2.80 bits per heavy atom. The van der Waals surface area contributed by atoms with Crippen LogP contribution in [0.4, 0.5) is 0 Å². The van der Waals surface area contributed by atoms with Crippen molar-refractivity contribution in [3.63, 3.8) is 0 Å². The van der Waals surface area contributed by atoms with E-state index in [0.717, 1.165) is 19.4 Å². The summed E-state index contributed by atoms with van der Waals surface area (Å²) >= 11 is 0. The van der Waals surface area contributed by atoms with E-state index in [4.69, 9.17) is 4.74 Å². The Morgan fingerprint density at radius 1 is 1.25 bits per heavy atom. The minimum Gasteiger partial charge on any atom is -0.484 e. The number of ether oxygens (including phenoxy) is 1. The van der Waals surface area contributed by atoms with E-state index in [1.165, 1.54) is 0 Å². The number of benzene rings is 1. The number of nitrogens with zero attached hydrogens (tertiary/aromatic N) is 1. The zero-order valence-electron chi connectivity index (χ0n) is 11.5. The molecule has 0 aromatic heterocycles. The molecule has 1 aliphatic rings. The maximum absolute atomic E-state index is 11.6. The number of para-hydroxylation sites is 1. The Morgan fingerprint density at radius 2 is 2.05 bits per heavy atom. The molecule has 0 radical (unpaired) electrons. The average Bonchev–Trinajstić information content (AvgIpc) is 2.48. The van der Waals surface area contributed by atoms with Gasteiger partial charge in [-0.05, 0) is 25.0 Å². The molecular weight excluding hydrogens is 256 g/mol. The van der Waals surface area contributed by atoms with E-state index in [-0.39, 0.29) is 18.4 Å². The first kappa shape index (κ1) is 14.4. The highest BCUT2D eigenvalue weighted by Crippen LogP contribution is 2.09. The van der Waals surface area contributed by atoms with Crippen LogP contribution in [-0.2, 0) is 9.59 Å². The van der Waals surface area contributed by atoms with Gasteiger partial charge in [0.1, 0.15) is 5.75 Å². The standard InChI is InChI=1S/C15H20N2O3/c18-14(12-20-13-6-2-1-3-7-13)16-9-11-17-10-5-4-8-15(17)19/h1-3,6-7H,4-5,8-12H2,(H,16,18). The van der Waals surface area contributed by atoms with E-state index < -0.39 is 0 Å². The third kappa shape index (κ3) is 4.57. The van der Waals surface area contributed by atoms with Gasteiger partial charge in [0.2, 0.25) is 5.91 Å². The monoisotopic (exact) mass is 276 g/mol. The SMILES string of the molecule is O=C(COc1ccccc1)NCCN1CCCCC1=O. The maximum Gasteiger partial charge on any atom is 0.258 e. The van der Waals surface area contributed by atoms with Crippen LogP contribution in [0.25, 0.3) is 0 Å². The second kappa shape index (κ2) is 7.53. The smallest absolute Gasteiger partial charge is 0.258 e. The third-order valence-corrected chi connectivity index (χ3v) is 3.24. The molecular formula is C15H20N2O3. The normalized spacial score (nSPS) is 15.0. The summed E-state index contributed by atoms with van der Waals surface area (Å²) in [6.45, 7) is 1.85. The van der Waals surface area contributed by atoms with Crippen molar-refractivity contribution in [1.82, 2.24) is 10.2 Å². The van der Waals surface area contributed by atoms with Gasteiger partial charge in [0, 0.05) is 26.1 Å². The second-order valence-electron chi connectivity index (χ2n) is 4.79. The van der Waals surface area contributed by atoms with E-state index in [1.807, 2.05) is 23.1 Å². The van der Waals surface area contributed by atoms with Crippen LogP contribution < -0.4 is 10.1 Å². The molecule has 0 unspecified atom stereocenters. The zero-order chi connectivity index (χ0) is 14.2. The summed E-state index contributed by atoms with van der Waals surface area (Å²) in [5, 5.41) is 2.76. The van der Waals surface area contributed by atoms with Crippen LogP contribution >= 0.6 is 0 Å². The van der Waals surface area contributed by atoms with Gasteiger partial charge < -0.3 is 15.0 Å². The number of rotatable bonds is 6. The third-order valence-electron chi connectivity index (χ3n) is 3.24. The molecule has 1 aromatic rings. The van der Waals surface area contributed by atoms with Crippen LogP contribution in [-0.4, -0.2) is 43.0 Å². The fourth-order valence-electron chi connectivity index (χ4n) is 2.15. The highest BCUT2D eigenvalue weighted by atomic mass is 16.5. The minimum absolute atomic E-state index is 0.00202. The van der Waals surface area contributed by atoms with Crippen molar-refractivity contribution in [2.75, 3.05) is 26.2 Å². The van der Waals surface area contributed by atoms with Crippen LogP contribution in [0.5, 0.6) is 5.75 Å². The summed E-state index contributed by atoms with van der Waals surface area (Å²) in [5.74, 6) is 0.693. The Bertz CT molecular complexity index is 448. The van der Waals surface area contributed by atoms with Gasteiger partial charge in [0.05, 0.1) is 0 Å². The zero-order valence-corrected chi connectivity index (χ0v) is 11.5. The van der Waals surface area contributed by atoms with Gasteiger partial charge in [-0.3, -0.25) is 9.59 Å². The van der Waals surface area contributed by atoms with Crippen molar-refractivity contribution in [3.05, 3.63) is 30.3 Å². The molecule has 0 spiro atoms. The number of amides is 2. The molecule has 0 atom stereocenters. The van der Waals surface area contributed by atoms with Crippen LogP contribution in [0.1, 0.15) is 19.3 Å². The van der Waals surface area contributed by atoms with Gasteiger partial charge >= 0.3 is 0 Å². The molecule has 1 aromatic carbocycles. The van der Waals surface area contributed by atoms with Crippen LogP contribution in [0, 0.1) is 0 Å². The van der Waals surface area contributed by atoms with Crippen molar-refractivity contribution in [3.8, 4) is 5.75 Å². The first-order valence-electron chi connectivity index (χ1n) is 6.98. The van der Waals surface area contributed by atoms with E-state index in [9.17, 15) is 9.59 Å². The summed E-state index contributed by atoms with van der Waals surface area (Å²) in [6, 6.07) is 9.21. The molecule has 20 heavy (non-hydrogen) atoms. The number of carbonyl (C=O) groups is 2. The number of piperidine rings is 1. The minimum atomic E-state index is -0.168. The van der Waals surface area contributed by atoms with E-state index >= 15 is 0 Å². The predicted octanol–water partition coefficient (Wildman–Crippen LogP) is 1.19. The van der Waals surface area contributed by atoms with Crippen molar-refractivity contribution < 1.29 is 14.3 Å². The van der Waals surface area contributed by atoms with Gasteiger partial charge in [-0.25, -0.2) is 0 Å². The molecule has 1 N–H and O–H groups in total. The summed E-state index contributed by atoms with van der Waals surface area (Å²) in [5.41, 5.74) is 0. The number of hydrogen-bond acceptors (Lipinski definition) is 3. The molecule has 108 valence electrons. The molecule has 2 rings (SSSR count). The lowest BCUT2D eigenvalue weighted by Gasteiger charge is -2.26. The van der Waals surface area contributed by atoms with Crippen LogP contribution in [0.3, 0.4) is 0 Å². The van der Waals surface area contributed by atoms with Crippen LogP contribution in [0.15, 0.2) is 30.3 Å². The average molecular weight is 276 g/mol. The maximum atomic E-state index is 11.6. The quantitative estimate of drug-likeness (QED) is 0.849. The number of likely N-dealkylation sites (tertiary alicyclic amines) is 1. The second-order valence-corrected chi connectivity index (χ2v) is 4.79. The highest BCUT2D eigenvalue weighted by molar-refractivity contribution is 5.78. The Labute approximate surface area is 118 Å². The van der Waals surface area contributed by atoms with E-state index in [2.05, 4.69) is 5.32 Å². The Kier molecular flexibility index (Phi) is 5.41. The molecule has 1 aliphatic heterocycles. The fourth-order valence-corrected chi connectivity index (χ4v) is 2.15. The molecule has 5 heteroatoms. The predicted molar refractivity (Wildman–Crippen MR) is 75.4 cm³/mol. The topological polar surface area (TPSA) is 58.6 Å². The molecule has 0 saturated carbocycles. The van der Waals surface area contributed by atoms with Gasteiger partial charge in [0.15, 0.2) is 6.61 Å². The first-order chi connectivity index (χ1) is 9.75. The lowest BCUT2D eigenvalue weighted by atomic mass is 10.1. The lowest BCUT2D eigenvalue weighted by Crippen LogP contribution is -2.41. The summed E-state index contributed by atoms with van der Waals surface area (Å²) < 4.78 is 5.34. The molecule has 0 bridgehead atoms. The van der Waals surface area contributed by atoms with Gasteiger partial charge in [0.25, 0.3) is 5.91 Å². The van der Waals surface area contributed by atoms with Crippen molar-refractivity contribution in [2.45, 2.75) is 19.3 Å². The van der Waals surface area contributed by atoms with E-state index in [0.29, 0.717) is 25.3 Å². The Balaban J connectivity index is 1.61. The van der Waals surface area contributed by atoms with Gasteiger partial charge in [-0.1, -0.05) is 18.2 Å². The highest BCUT2D eigenvalue weighted by Gasteiger charge is 2.17. The number of carbonyl (C=O) groups excluding carboxylic acids is 2. The van der Waals surface area contributed by atoms with Crippen molar-refractivity contribution >= 4 is 11.8 Å². The number of nitrogens with one attached hydrogen (secondary N) is 1. The Hall–Kier alpha value is -2.04. The van der Waals surface area contributed by atoms with Crippen molar-refractivity contribution in [2.24, 2.45) is 0 Å². The van der Waals surface area contributed by atoms with Gasteiger partial charge in [-0.2, -0.15) is 0 Å². The largest absolute Gasteiger partial charge is 0.484 e.